The number of aliphatic carboxylic acids is 1. The Bertz CT molecular complexity index is 1490. The highest BCUT2D eigenvalue weighted by molar-refractivity contribution is 6.38. The number of piperidine rings is 1. The van der Waals surface area contributed by atoms with Crippen molar-refractivity contribution in [1.29, 1.82) is 0 Å². The highest BCUT2D eigenvalue weighted by atomic mass is 19.1. The molecule has 254 valence electrons. The summed E-state index contributed by atoms with van der Waals surface area (Å²) in [5.41, 5.74) is -0.381. The van der Waals surface area contributed by atoms with Crippen LogP contribution in [0.1, 0.15) is 56.8 Å². The molecule has 2 atom stereocenters. The SMILES string of the molecule is C=CC(=O)OCC(C)(C)C(=O)C(=O)N1CCCCC1C(=O)O[C@H](CCc1ccc(OC)c(OC)c1)c1cc(F)cc(OCC(=O)O)c1. The summed E-state index contributed by atoms with van der Waals surface area (Å²) in [6.07, 6.45) is 1.74. The van der Waals surface area contributed by atoms with Gasteiger partial charge in [-0.3, -0.25) is 9.59 Å². The van der Waals surface area contributed by atoms with Crippen molar-refractivity contribution >= 4 is 29.6 Å². The van der Waals surface area contributed by atoms with Crippen molar-refractivity contribution in [3.05, 3.63) is 66.0 Å². The molecule has 12 nitrogen and oxygen atoms in total. The molecule has 0 aromatic heterocycles. The number of rotatable bonds is 16. The van der Waals surface area contributed by atoms with Crippen molar-refractivity contribution in [2.24, 2.45) is 5.41 Å². The quantitative estimate of drug-likeness (QED) is 0.157. The zero-order valence-electron chi connectivity index (χ0n) is 26.9. The Labute approximate surface area is 272 Å². The van der Waals surface area contributed by atoms with Crippen LogP contribution in [-0.4, -0.2) is 79.6 Å². The van der Waals surface area contributed by atoms with Crippen LogP contribution >= 0.6 is 0 Å². The standard InChI is InChI=1S/C34H40FNO11/c1-6-30(39)46-20-34(2,3)31(40)32(41)36-14-8-7-9-25(36)33(42)47-26(12-10-21-11-13-27(43-4)28(15-21)44-5)22-16-23(35)18-24(17-22)45-19-29(37)38/h6,11,13,15-18,25-26H,1,7-10,12,14,19-20H2,2-5H3,(H,37,38)/t25?,26-/m1/s1. The Morgan fingerprint density at radius 3 is 2.45 bits per heavy atom. The van der Waals surface area contributed by atoms with E-state index < -0.39 is 59.6 Å². The fourth-order valence-corrected chi connectivity index (χ4v) is 5.06. The number of ketones is 1. The molecule has 1 amide bonds. The lowest BCUT2D eigenvalue weighted by Crippen LogP contribution is -2.53. The van der Waals surface area contributed by atoms with Crippen molar-refractivity contribution in [2.45, 2.75) is 58.1 Å². The van der Waals surface area contributed by atoms with E-state index in [0.29, 0.717) is 30.8 Å². The Morgan fingerprint density at radius 1 is 1.06 bits per heavy atom. The number of hydrogen-bond donors (Lipinski definition) is 1. The molecule has 1 unspecified atom stereocenters. The van der Waals surface area contributed by atoms with Gasteiger partial charge in [0, 0.05) is 18.7 Å². The zero-order chi connectivity index (χ0) is 34.7. The molecule has 13 heteroatoms. The lowest BCUT2D eigenvalue weighted by atomic mass is 9.87. The number of amides is 1. The topological polar surface area (TPSA) is 155 Å². The molecule has 1 aliphatic heterocycles. The van der Waals surface area contributed by atoms with Gasteiger partial charge in [-0.1, -0.05) is 12.6 Å². The number of likely N-dealkylation sites (tertiary alicyclic amines) is 1. The van der Waals surface area contributed by atoms with Gasteiger partial charge in [0.25, 0.3) is 5.91 Å². The first-order valence-corrected chi connectivity index (χ1v) is 15.0. The van der Waals surface area contributed by atoms with Crippen LogP contribution in [0.15, 0.2) is 49.1 Å². The highest BCUT2D eigenvalue weighted by Crippen LogP contribution is 2.33. The number of Topliss-reactive ketones (excluding diaryl/α,β-unsaturated/α-hetero) is 1. The summed E-state index contributed by atoms with van der Waals surface area (Å²) in [6.45, 7) is 5.27. The van der Waals surface area contributed by atoms with E-state index in [0.717, 1.165) is 23.8 Å². The number of halogens is 1. The molecule has 2 aromatic carbocycles. The average Bonchev–Trinajstić information content (AvgIpc) is 3.06. The number of carboxylic acids is 1. The van der Waals surface area contributed by atoms with E-state index in [2.05, 4.69) is 6.58 Å². The molecule has 3 rings (SSSR count). The third kappa shape index (κ3) is 10.0. The highest BCUT2D eigenvalue weighted by Gasteiger charge is 2.42. The van der Waals surface area contributed by atoms with E-state index in [9.17, 15) is 28.4 Å². The maximum atomic E-state index is 14.7. The number of benzene rings is 2. The number of aryl methyl sites for hydroxylation is 1. The summed E-state index contributed by atoms with van der Waals surface area (Å²) in [7, 11) is 3.00. The lowest BCUT2D eigenvalue weighted by Gasteiger charge is -2.36. The Kier molecular flexibility index (Phi) is 12.9. The van der Waals surface area contributed by atoms with Crippen molar-refractivity contribution in [1.82, 2.24) is 4.90 Å². The Hall–Kier alpha value is -4.94. The van der Waals surface area contributed by atoms with Gasteiger partial charge in [-0.15, -0.1) is 0 Å². The first-order chi connectivity index (χ1) is 22.3. The predicted octanol–water partition coefficient (Wildman–Crippen LogP) is 4.23. The fourth-order valence-electron chi connectivity index (χ4n) is 5.06. The second-order valence-electron chi connectivity index (χ2n) is 11.6. The molecule has 1 aliphatic rings. The summed E-state index contributed by atoms with van der Waals surface area (Å²) >= 11 is 0. The van der Waals surface area contributed by atoms with E-state index in [1.165, 1.54) is 39.0 Å². The third-order valence-electron chi connectivity index (χ3n) is 7.62. The summed E-state index contributed by atoms with van der Waals surface area (Å²) in [4.78, 5) is 64.2. The van der Waals surface area contributed by atoms with Gasteiger partial charge >= 0.3 is 17.9 Å². The summed E-state index contributed by atoms with van der Waals surface area (Å²) in [6, 6.07) is 7.73. The van der Waals surface area contributed by atoms with E-state index in [-0.39, 0.29) is 37.3 Å². The van der Waals surface area contributed by atoms with E-state index in [1.54, 1.807) is 18.2 Å². The van der Waals surface area contributed by atoms with Gasteiger partial charge < -0.3 is 33.7 Å². The van der Waals surface area contributed by atoms with Crippen molar-refractivity contribution in [3.8, 4) is 17.2 Å². The first-order valence-electron chi connectivity index (χ1n) is 15.0. The van der Waals surface area contributed by atoms with Crippen molar-refractivity contribution in [2.75, 3.05) is 34.0 Å². The number of hydrogen-bond acceptors (Lipinski definition) is 10. The van der Waals surface area contributed by atoms with Crippen LogP contribution in [-0.2, 0) is 39.9 Å². The zero-order valence-corrected chi connectivity index (χ0v) is 26.9. The monoisotopic (exact) mass is 657 g/mol. The van der Waals surface area contributed by atoms with Gasteiger partial charge in [0.2, 0.25) is 5.78 Å². The molecule has 1 fully saturated rings. The second-order valence-corrected chi connectivity index (χ2v) is 11.6. The maximum absolute atomic E-state index is 14.7. The van der Waals surface area contributed by atoms with Crippen LogP contribution in [0.5, 0.6) is 17.2 Å². The second kappa shape index (κ2) is 16.6. The van der Waals surface area contributed by atoms with Gasteiger partial charge in [-0.05, 0) is 81.3 Å². The normalized spacial score (nSPS) is 15.2. The predicted molar refractivity (Wildman–Crippen MR) is 166 cm³/mol. The number of carbonyl (C=O) groups excluding carboxylic acids is 4. The molecule has 47 heavy (non-hydrogen) atoms. The summed E-state index contributed by atoms with van der Waals surface area (Å²) in [5, 5.41) is 9.01. The molecule has 1 saturated heterocycles. The Morgan fingerprint density at radius 2 is 1.79 bits per heavy atom. The third-order valence-corrected chi connectivity index (χ3v) is 7.62. The van der Waals surface area contributed by atoms with Crippen LogP contribution in [0.25, 0.3) is 0 Å². The van der Waals surface area contributed by atoms with Crippen molar-refractivity contribution < 1.29 is 57.2 Å². The molecule has 0 radical (unpaired) electrons. The van der Waals surface area contributed by atoms with Gasteiger partial charge in [-0.25, -0.2) is 18.8 Å². The van der Waals surface area contributed by atoms with Gasteiger partial charge in [0.15, 0.2) is 18.1 Å². The van der Waals surface area contributed by atoms with E-state index >= 15 is 0 Å². The van der Waals surface area contributed by atoms with Gasteiger partial charge in [0.1, 0.15) is 30.3 Å². The van der Waals surface area contributed by atoms with Crippen LogP contribution < -0.4 is 14.2 Å². The minimum Gasteiger partial charge on any atom is -0.493 e. The molecule has 0 aliphatic carbocycles. The summed E-state index contributed by atoms with van der Waals surface area (Å²) < 4.78 is 41.6. The average molecular weight is 658 g/mol. The van der Waals surface area contributed by atoms with Crippen LogP contribution in [0.2, 0.25) is 0 Å². The van der Waals surface area contributed by atoms with E-state index in [1.807, 2.05) is 0 Å². The minimum atomic E-state index is -1.38. The number of carbonyl (C=O) groups is 5. The maximum Gasteiger partial charge on any atom is 0.341 e. The Balaban J connectivity index is 1.89. The summed E-state index contributed by atoms with van der Waals surface area (Å²) in [5.74, 6) is -4.37. The largest absolute Gasteiger partial charge is 0.493 e. The number of carboxylic acid groups (broad SMARTS) is 1. The van der Waals surface area contributed by atoms with Crippen molar-refractivity contribution in [3.63, 3.8) is 0 Å². The molecule has 1 heterocycles. The number of nitrogens with zero attached hydrogens (tertiary/aromatic N) is 1. The number of esters is 2. The molecule has 0 bridgehead atoms. The molecule has 2 aromatic rings. The fraction of sp³-hybridized carbons (Fsp3) is 0.441. The van der Waals surface area contributed by atoms with Crippen LogP contribution in [0.4, 0.5) is 4.39 Å². The van der Waals surface area contributed by atoms with E-state index in [4.69, 9.17) is 28.8 Å². The van der Waals surface area contributed by atoms with Crippen LogP contribution in [0.3, 0.4) is 0 Å². The smallest absolute Gasteiger partial charge is 0.341 e. The molecule has 0 saturated carbocycles. The molecular formula is C34H40FNO11. The molecular weight excluding hydrogens is 617 g/mol. The van der Waals surface area contributed by atoms with Gasteiger partial charge in [0.05, 0.1) is 19.6 Å². The molecule has 0 spiro atoms. The van der Waals surface area contributed by atoms with Gasteiger partial charge in [-0.2, -0.15) is 0 Å². The number of ether oxygens (including phenoxy) is 5. The minimum absolute atomic E-state index is 0.0750. The number of methoxy groups -OCH3 is 2. The first kappa shape index (κ1) is 36.5. The lowest BCUT2D eigenvalue weighted by molar-refractivity contribution is -0.165. The molecule has 1 N–H and O–H groups in total. The van der Waals surface area contributed by atoms with Crippen LogP contribution in [0, 0.1) is 11.2 Å².